The minimum atomic E-state index is -5.18. The fourth-order valence-electron chi connectivity index (χ4n) is 1.32. The summed E-state index contributed by atoms with van der Waals surface area (Å²) in [4.78, 5) is 11.4. The van der Waals surface area contributed by atoms with Gasteiger partial charge in [-0.15, -0.1) is 13.2 Å². The molecule has 0 aliphatic rings. The fourth-order valence-corrected chi connectivity index (χ4v) is 1.32. The van der Waals surface area contributed by atoms with Crippen molar-refractivity contribution in [3.8, 4) is 17.6 Å². The second-order valence-electron chi connectivity index (χ2n) is 3.37. The highest BCUT2D eigenvalue weighted by Gasteiger charge is 2.34. The van der Waals surface area contributed by atoms with Crippen molar-refractivity contribution in [1.29, 1.82) is 5.26 Å². The summed E-state index contributed by atoms with van der Waals surface area (Å²) in [5, 5.41) is 8.74. The van der Waals surface area contributed by atoms with Crippen LogP contribution in [-0.2, 0) is 4.74 Å². The zero-order valence-corrected chi connectivity index (χ0v) is 10.2. The number of esters is 1. The summed E-state index contributed by atoms with van der Waals surface area (Å²) in [6, 6.07) is 2.37. The van der Waals surface area contributed by atoms with E-state index in [1.807, 2.05) is 0 Å². The molecule has 0 bridgehead atoms. The third kappa shape index (κ3) is 4.48. The molecule has 1 rings (SSSR count). The van der Waals surface area contributed by atoms with Gasteiger partial charge >= 0.3 is 18.9 Å². The summed E-state index contributed by atoms with van der Waals surface area (Å²) >= 11 is 0. The zero-order valence-electron chi connectivity index (χ0n) is 10.2. The van der Waals surface area contributed by atoms with Crippen LogP contribution in [0, 0.1) is 11.3 Å². The number of rotatable bonds is 4. The first kappa shape index (κ1) is 16.5. The first-order valence-electron chi connectivity index (χ1n) is 5.05. The molecule has 5 nitrogen and oxygen atoms in total. The third-order valence-electron chi connectivity index (χ3n) is 2.05. The van der Waals surface area contributed by atoms with Crippen LogP contribution in [-0.4, -0.2) is 26.1 Å². The van der Waals surface area contributed by atoms with E-state index in [2.05, 4.69) is 14.2 Å². The molecule has 114 valence electrons. The predicted octanol–water partition coefficient (Wildman–Crippen LogP) is 2.84. The van der Waals surface area contributed by atoms with Crippen LogP contribution in [0.5, 0.6) is 11.5 Å². The third-order valence-corrected chi connectivity index (χ3v) is 2.05. The molecule has 0 amide bonds. The van der Waals surface area contributed by atoms with Gasteiger partial charge in [-0.2, -0.15) is 14.0 Å². The van der Waals surface area contributed by atoms with Crippen molar-refractivity contribution < 1.29 is 41.0 Å². The summed E-state index contributed by atoms with van der Waals surface area (Å²) in [5.74, 6) is -3.22. The summed E-state index contributed by atoms with van der Waals surface area (Å²) in [5.41, 5.74) is -1.33. The number of nitrogens with zero attached hydrogens (tertiary/aromatic N) is 1. The molecule has 0 aromatic heterocycles. The monoisotopic (exact) mass is 311 g/mol. The van der Waals surface area contributed by atoms with Crippen LogP contribution >= 0.6 is 0 Å². The molecule has 0 unspecified atom stereocenters. The van der Waals surface area contributed by atoms with Gasteiger partial charge in [-0.3, -0.25) is 0 Å². The Labute approximate surface area is 114 Å². The highest BCUT2D eigenvalue weighted by Crippen LogP contribution is 2.34. The Morgan fingerprint density at radius 2 is 1.90 bits per heavy atom. The van der Waals surface area contributed by atoms with Crippen LogP contribution in [0.15, 0.2) is 12.1 Å². The predicted molar refractivity (Wildman–Crippen MR) is 55.8 cm³/mol. The maximum absolute atomic E-state index is 12.2. The number of nitriles is 1. The molecule has 1 aromatic carbocycles. The summed E-state index contributed by atoms with van der Waals surface area (Å²) in [6.45, 7) is -3.38. The van der Waals surface area contributed by atoms with E-state index in [0.29, 0.717) is 12.1 Å². The first-order valence-corrected chi connectivity index (χ1v) is 5.05. The van der Waals surface area contributed by atoms with Crippen molar-refractivity contribution in [1.82, 2.24) is 0 Å². The summed E-state index contributed by atoms with van der Waals surface area (Å²) < 4.78 is 72.7. The molecular formula is C11H6F5NO4. The first-order chi connectivity index (χ1) is 9.67. The Morgan fingerprint density at radius 1 is 1.29 bits per heavy atom. The minimum Gasteiger partial charge on any atom is -0.465 e. The van der Waals surface area contributed by atoms with Crippen LogP contribution < -0.4 is 9.47 Å². The maximum Gasteiger partial charge on any atom is 0.573 e. The largest absolute Gasteiger partial charge is 0.573 e. The summed E-state index contributed by atoms with van der Waals surface area (Å²) in [6.07, 6.45) is -5.18. The van der Waals surface area contributed by atoms with E-state index in [4.69, 9.17) is 5.26 Å². The smallest absolute Gasteiger partial charge is 0.465 e. The lowest BCUT2D eigenvalue weighted by molar-refractivity contribution is -0.274. The van der Waals surface area contributed by atoms with E-state index in [1.165, 1.54) is 6.07 Å². The van der Waals surface area contributed by atoms with Gasteiger partial charge in [0.2, 0.25) is 0 Å². The lowest BCUT2D eigenvalue weighted by Gasteiger charge is -2.15. The molecule has 0 N–H and O–H groups in total. The van der Waals surface area contributed by atoms with Gasteiger partial charge in [0.1, 0.15) is 23.1 Å². The van der Waals surface area contributed by atoms with Gasteiger partial charge in [0.25, 0.3) is 0 Å². The van der Waals surface area contributed by atoms with Gasteiger partial charge < -0.3 is 14.2 Å². The number of hydrogen-bond acceptors (Lipinski definition) is 5. The van der Waals surface area contributed by atoms with E-state index < -0.39 is 41.6 Å². The van der Waals surface area contributed by atoms with Crippen molar-refractivity contribution in [3.63, 3.8) is 0 Å². The Bertz CT molecular complexity index is 579. The van der Waals surface area contributed by atoms with Crippen LogP contribution in [0.25, 0.3) is 0 Å². The average molecular weight is 311 g/mol. The van der Waals surface area contributed by atoms with Crippen molar-refractivity contribution >= 4 is 5.97 Å². The van der Waals surface area contributed by atoms with Crippen LogP contribution in [0.4, 0.5) is 22.0 Å². The molecule has 0 spiro atoms. The van der Waals surface area contributed by atoms with Gasteiger partial charge in [-0.1, -0.05) is 0 Å². The molecule has 10 heteroatoms. The average Bonchev–Trinajstić information content (AvgIpc) is 2.35. The molecule has 0 fully saturated rings. The highest BCUT2D eigenvalue weighted by molar-refractivity contribution is 5.93. The van der Waals surface area contributed by atoms with Crippen molar-refractivity contribution in [2.45, 2.75) is 13.0 Å². The normalized spacial score (nSPS) is 11.0. The van der Waals surface area contributed by atoms with Crippen molar-refractivity contribution in [2.24, 2.45) is 0 Å². The number of ether oxygens (including phenoxy) is 3. The van der Waals surface area contributed by atoms with Crippen LogP contribution in [0.2, 0.25) is 0 Å². The molecule has 0 saturated heterocycles. The van der Waals surface area contributed by atoms with Gasteiger partial charge in [0, 0.05) is 6.07 Å². The van der Waals surface area contributed by atoms with Crippen LogP contribution in [0.3, 0.4) is 0 Å². The van der Waals surface area contributed by atoms with Gasteiger partial charge in [-0.05, 0) is 6.07 Å². The molecule has 1 aromatic rings. The van der Waals surface area contributed by atoms with E-state index >= 15 is 0 Å². The zero-order chi connectivity index (χ0) is 16.2. The van der Waals surface area contributed by atoms with E-state index in [0.717, 1.165) is 7.11 Å². The van der Waals surface area contributed by atoms with Gasteiger partial charge in [-0.25, -0.2) is 4.79 Å². The molecule has 0 aliphatic carbocycles. The van der Waals surface area contributed by atoms with Gasteiger partial charge in [0.05, 0.1) is 12.7 Å². The van der Waals surface area contributed by atoms with Crippen molar-refractivity contribution in [2.75, 3.05) is 7.11 Å². The second kappa shape index (κ2) is 6.25. The Hall–Kier alpha value is -2.57. The molecule has 0 aliphatic heterocycles. The number of methoxy groups -OCH3 is 1. The number of hydrogen-bond donors (Lipinski definition) is 0. The summed E-state index contributed by atoms with van der Waals surface area (Å²) in [7, 11) is 0.884. The van der Waals surface area contributed by atoms with Crippen LogP contribution in [0.1, 0.15) is 15.9 Å². The quantitative estimate of drug-likeness (QED) is 0.632. The molecule has 0 radical (unpaired) electrons. The minimum absolute atomic E-state index is 0.366. The van der Waals surface area contributed by atoms with E-state index in [9.17, 15) is 26.7 Å². The SMILES string of the molecule is COC(=O)c1cc(C#N)c(OC(F)F)cc1OC(F)(F)F. The van der Waals surface area contributed by atoms with E-state index in [1.54, 1.807) is 0 Å². The molecule has 21 heavy (non-hydrogen) atoms. The van der Waals surface area contributed by atoms with Crippen molar-refractivity contribution in [3.05, 3.63) is 23.3 Å². The molecular weight excluding hydrogens is 305 g/mol. The molecule has 0 heterocycles. The van der Waals surface area contributed by atoms with Gasteiger partial charge in [0.15, 0.2) is 0 Å². The lowest BCUT2D eigenvalue weighted by Crippen LogP contribution is -2.20. The number of carbonyl (C=O) groups excluding carboxylic acids is 1. The fraction of sp³-hybridized carbons (Fsp3) is 0.273. The number of benzene rings is 1. The van der Waals surface area contributed by atoms with E-state index in [-0.39, 0.29) is 0 Å². The Balaban J connectivity index is 3.42. The highest BCUT2D eigenvalue weighted by atomic mass is 19.4. The standard InChI is InChI=1S/C11H6F5NO4/c1-19-9(18)6-2-5(4-17)7(20-10(12)13)3-8(6)21-11(14,15)16/h2-3,10H,1H3. The number of halogens is 5. The molecule has 0 atom stereocenters. The maximum atomic E-state index is 12.2. The Kier molecular flexibility index (Phi) is 4.91. The lowest BCUT2D eigenvalue weighted by atomic mass is 10.1. The second-order valence-corrected chi connectivity index (χ2v) is 3.37. The molecule has 0 saturated carbocycles. The Morgan fingerprint density at radius 3 is 2.33 bits per heavy atom. The topological polar surface area (TPSA) is 68.6 Å². The number of carbonyl (C=O) groups is 1. The number of alkyl halides is 5.